The Balaban J connectivity index is 1.76. The minimum atomic E-state index is -0.341. The molecule has 2 rings (SSSR count). The van der Waals surface area contributed by atoms with Crippen molar-refractivity contribution < 1.29 is 9.59 Å². The maximum absolute atomic E-state index is 11.8. The third-order valence-corrected chi connectivity index (χ3v) is 3.79. The molecule has 6 nitrogen and oxygen atoms in total. The van der Waals surface area contributed by atoms with Crippen molar-refractivity contribution in [3.05, 3.63) is 16.6 Å². The molecule has 0 bridgehead atoms. The Bertz CT molecular complexity index is 411. The Morgan fingerprint density at radius 2 is 2.56 bits per heavy atom. The highest BCUT2D eigenvalue weighted by Crippen LogP contribution is 2.16. The van der Waals surface area contributed by atoms with Gasteiger partial charge in [-0.25, -0.2) is 4.98 Å². The van der Waals surface area contributed by atoms with Crippen LogP contribution in [0.3, 0.4) is 0 Å². The molecule has 98 valence electrons. The maximum Gasteiger partial charge on any atom is 0.238 e. The monoisotopic (exact) mass is 268 g/mol. The number of aromatic nitrogens is 1. The number of carbonyl (C=O) groups excluding carboxylic acids is 2. The molecule has 1 fully saturated rings. The molecule has 0 aromatic carbocycles. The van der Waals surface area contributed by atoms with Crippen LogP contribution in [0.25, 0.3) is 0 Å². The summed E-state index contributed by atoms with van der Waals surface area (Å²) in [6, 6.07) is -0.341. The summed E-state index contributed by atoms with van der Waals surface area (Å²) in [6.45, 7) is 3.12. The van der Waals surface area contributed by atoms with Crippen molar-refractivity contribution in [1.82, 2.24) is 20.9 Å². The number of amides is 2. The quantitative estimate of drug-likeness (QED) is 0.684. The van der Waals surface area contributed by atoms with E-state index in [2.05, 4.69) is 20.9 Å². The molecule has 0 aliphatic carbocycles. The molecule has 1 aliphatic heterocycles. The average molecular weight is 268 g/mol. The lowest BCUT2D eigenvalue weighted by molar-refractivity contribution is -0.126. The summed E-state index contributed by atoms with van der Waals surface area (Å²) in [5.74, 6) is 0.0424. The third kappa shape index (κ3) is 3.27. The highest BCUT2D eigenvalue weighted by atomic mass is 32.1. The van der Waals surface area contributed by atoms with E-state index in [0.29, 0.717) is 13.1 Å². The van der Waals surface area contributed by atoms with Crippen LogP contribution in [0.4, 0.5) is 0 Å². The number of hydrogen-bond donors (Lipinski definition) is 3. The second-order valence-electron chi connectivity index (χ2n) is 4.25. The number of thiazole rings is 1. The summed E-state index contributed by atoms with van der Waals surface area (Å²) >= 11 is 1.58. The zero-order chi connectivity index (χ0) is 13.0. The maximum atomic E-state index is 11.8. The molecule has 0 radical (unpaired) electrons. The van der Waals surface area contributed by atoms with E-state index in [1.54, 1.807) is 17.5 Å². The van der Waals surface area contributed by atoms with E-state index in [1.165, 1.54) is 0 Å². The average Bonchev–Trinajstić information content (AvgIpc) is 2.90. The minimum absolute atomic E-state index is 0.0739. The first-order valence-corrected chi connectivity index (χ1v) is 6.72. The number of hydrogen-bond acceptors (Lipinski definition) is 5. The minimum Gasteiger partial charge on any atom is -0.354 e. The van der Waals surface area contributed by atoms with Crippen LogP contribution >= 0.6 is 11.3 Å². The Morgan fingerprint density at radius 3 is 3.17 bits per heavy atom. The molecular formula is C11H16N4O2S. The molecular weight excluding hydrogens is 252 g/mol. The summed E-state index contributed by atoms with van der Waals surface area (Å²) in [5, 5.41) is 11.4. The second kappa shape index (κ2) is 5.92. The molecule has 2 atom stereocenters. The molecule has 1 saturated heterocycles. The summed E-state index contributed by atoms with van der Waals surface area (Å²) in [4.78, 5) is 27.0. The Kier molecular flexibility index (Phi) is 4.27. The van der Waals surface area contributed by atoms with Crippen LogP contribution in [0.15, 0.2) is 11.6 Å². The van der Waals surface area contributed by atoms with Gasteiger partial charge in [0.1, 0.15) is 6.04 Å². The molecule has 1 aliphatic rings. The van der Waals surface area contributed by atoms with Gasteiger partial charge in [0.15, 0.2) is 0 Å². The number of carbonyl (C=O) groups is 2. The van der Waals surface area contributed by atoms with Gasteiger partial charge in [0.25, 0.3) is 0 Å². The summed E-state index contributed by atoms with van der Waals surface area (Å²) in [5.41, 5.74) is 0. The van der Waals surface area contributed by atoms with Crippen LogP contribution < -0.4 is 16.0 Å². The van der Waals surface area contributed by atoms with Crippen molar-refractivity contribution in [2.75, 3.05) is 19.6 Å². The first kappa shape index (κ1) is 13.0. The fourth-order valence-electron chi connectivity index (χ4n) is 1.69. The van der Waals surface area contributed by atoms with E-state index in [-0.39, 0.29) is 30.3 Å². The predicted molar refractivity (Wildman–Crippen MR) is 68.3 cm³/mol. The van der Waals surface area contributed by atoms with Gasteiger partial charge >= 0.3 is 0 Å². The Labute approximate surface area is 109 Å². The van der Waals surface area contributed by atoms with Crippen LogP contribution in [0.5, 0.6) is 0 Å². The molecule has 2 amide bonds. The topological polar surface area (TPSA) is 83.1 Å². The van der Waals surface area contributed by atoms with Gasteiger partial charge in [-0.2, -0.15) is 0 Å². The SMILES string of the molecule is CC(CNC(=O)C1CNC(=O)CN1)c1nccs1. The van der Waals surface area contributed by atoms with E-state index in [0.717, 1.165) is 5.01 Å². The van der Waals surface area contributed by atoms with Crippen LogP contribution in [0.1, 0.15) is 17.8 Å². The zero-order valence-corrected chi connectivity index (χ0v) is 10.9. The third-order valence-electron chi connectivity index (χ3n) is 2.78. The van der Waals surface area contributed by atoms with Gasteiger partial charge in [-0.15, -0.1) is 11.3 Å². The molecule has 2 heterocycles. The van der Waals surface area contributed by atoms with E-state index in [1.807, 2.05) is 12.3 Å². The fourth-order valence-corrected chi connectivity index (χ4v) is 2.39. The molecule has 1 aromatic heterocycles. The van der Waals surface area contributed by atoms with Crippen molar-refractivity contribution in [2.45, 2.75) is 18.9 Å². The molecule has 1 aromatic rings. The van der Waals surface area contributed by atoms with E-state index in [9.17, 15) is 9.59 Å². The first-order valence-electron chi connectivity index (χ1n) is 5.84. The number of nitrogens with zero attached hydrogens (tertiary/aromatic N) is 1. The van der Waals surface area contributed by atoms with Crippen molar-refractivity contribution in [1.29, 1.82) is 0 Å². The van der Waals surface area contributed by atoms with Gasteiger partial charge in [-0.1, -0.05) is 6.92 Å². The molecule has 0 spiro atoms. The Hall–Kier alpha value is -1.47. The molecule has 3 N–H and O–H groups in total. The zero-order valence-electron chi connectivity index (χ0n) is 10.1. The van der Waals surface area contributed by atoms with E-state index < -0.39 is 0 Å². The molecule has 18 heavy (non-hydrogen) atoms. The number of rotatable bonds is 4. The molecule has 2 unspecified atom stereocenters. The summed E-state index contributed by atoms with van der Waals surface area (Å²) in [6.07, 6.45) is 1.76. The van der Waals surface area contributed by atoms with Crippen LogP contribution in [0, 0.1) is 0 Å². The smallest absolute Gasteiger partial charge is 0.238 e. The van der Waals surface area contributed by atoms with Gasteiger partial charge in [0, 0.05) is 30.6 Å². The largest absolute Gasteiger partial charge is 0.354 e. The van der Waals surface area contributed by atoms with Crippen molar-refractivity contribution in [3.8, 4) is 0 Å². The number of nitrogens with one attached hydrogen (secondary N) is 3. The van der Waals surface area contributed by atoms with Crippen LogP contribution in [0.2, 0.25) is 0 Å². The Morgan fingerprint density at radius 1 is 1.72 bits per heavy atom. The van der Waals surface area contributed by atoms with Crippen molar-refractivity contribution >= 4 is 23.2 Å². The van der Waals surface area contributed by atoms with Gasteiger partial charge < -0.3 is 10.6 Å². The van der Waals surface area contributed by atoms with Gasteiger partial charge in [0.05, 0.1) is 11.6 Å². The van der Waals surface area contributed by atoms with Crippen LogP contribution in [-0.2, 0) is 9.59 Å². The van der Waals surface area contributed by atoms with Gasteiger partial charge in [-0.3, -0.25) is 14.9 Å². The lowest BCUT2D eigenvalue weighted by Gasteiger charge is -2.23. The van der Waals surface area contributed by atoms with Gasteiger partial charge in [-0.05, 0) is 0 Å². The molecule has 7 heteroatoms. The summed E-state index contributed by atoms with van der Waals surface area (Å²) < 4.78 is 0. The second-order valence-corrected chi connectivity index (χ2v) is 5.18. The van der Waals surface area contributed by atoms with Crippen molar-refractivity contribution in [3.63, 3.8) is 0 Å². The highest BCUT2D eigenvalue weighted by molar-refractivity contribution is 7.09. The van der Waals surface area contributed by atoms with Crippen molar-refractivity contribution in [2.24, 2.45) is 0 Å². The number of piperazine rings is 1. The van der Waals surface area contributed by atoms with Gasteiger partial charge in [0.2, 0.25) is 11.8 Å². The lowest BCUT2D eigenvalue weighted by atomic mass is 10.1. The van der Waals surface area contributed by atoms with E-state index >= 15 is 0 Å². The predicted octanol–water partition coefficient (Wildman–Crippen LogP) is -0.549. The normalized spacial score (nSPS) is 21.2. The van der Waals surface area contributed by atoms with Crippen LogP contribution in [-0.4, -0.2) is 42.5 Å². The summed E-state index contributed by atoms with van der Waals surface area (Å²) in [7, 11) is 0. The lowest BCUT2D eigenvalue weighted by Crippen LogP contribution is -2.58. The standard InChI is InChI=1S/C11H16N4O2S/c1-7(11-12-2-3-18-11)4-15-10(17)8-5-14-9(16)6-13-8/h2-3,7-8,13H,4-6H2,1H3,(H,14,16)(H,15,17). The fraction of sp³-hybridized carbons (Fsp3) is 0.545. The molecule has 0 saturated carbocycles. The highest BCUT2D eigenvalue weighted by Gasteiger charge is 2.23. The van der Waals surface area contributed by atoms with E-state index in [4.69, 9.17) is 0 Å². The first-order chi connectivity index (χ1) is 8.66.